The second-order valence-electron chi connectivity index (χ2n) is 3.76. The van der Waals surface area contributed by atoms with Crippen LogP contribution in [-0.4, -0.2) is 19.7 Å². The second-order valence-corrected chi connectivity index (χ2v) is 3.76. The third-order valence-electron chi connectivity index (χ3n) is 2.60. The molecule has 0 atom stereocenters. The van der Waals surface area contributed by atoms with E-state index in [1.165, 1.54) is 0 Å². The number of hydrogen-bond acceptors (Lipinski definition) is 2. The van der Waals surface area contributed by atoms with Crippen LogP contribution in [0.2, 0.25) is 0 Å². The minimum Gasteiger partial charge on any atom is -0.327 e. The number of aryl methyl sites for hydroxylation is 1. The van der Waals surface area contributed by atoms with Gasteiger partial charge in [-0.15, -0.1) is 0 Å². The minimum absolute atomic E-state index is 0.766. The Balaban J connectivity index is 2.07. The van der Waals surface area contributed by atoms with E-state index >= 15 is 0 Å². The van der Waals surface area contributed by atoms with Gasteiger partial charge in [-0.1, -0.05) is 12.1 Å². The van der Waals surface area contributed by atoms with Crippen molar-refractivity contribution in [2.24, 2.45) is 7.05 Å². The zero-order valence-electron chi connectivity index (χ0n) is 9.31. The first-order valence-electron chi connectivity index (χ1n) is 5.26. The molecule has 4 heteroatoms. The van der Waals surface area contributed by atoms with Crippen LogP contribution >= 0.6 is 0 Å². The van der Waals surface area contributed by atoms with Crippen LogP contribution < -0.4 is 0 Å². The third-order valence-corrected chi connectivity index (χ3v) is 2.60. The van der Waals surface area contributed by atoms with Crippen LogP contribution in [0.5, 0.6) is 0 Å². The zero-order valence-corrected chi connectivity index (χ0v) is 9.31. The molecule has 17 heavy (non-hydrogen) atoms. The van der Waals surface area contributed by atoms with Gasteiger partial charge < -0.3 is 4.57 Å². The number of nitrogens with one attached hydrogen (secondary N) is 1. The summed E-state index contributed by atoms with van der Waals surface area (Å²) in [6.07, 6.45) is 3.47. The Morgan fingerprint density at radius 1 is 1.24 bits per heavy atom. The molecule has 0 aliphatic rings. The molecule has 0 spiro atoms. The smallest absolute Gasteiger partial charge is 0.143 e. The van der Waals surface area contributed by atoms with Gasteiger partial charge in [-0.2, -0.15) is 5.10 Å². The van der Waals surface area contributed by atoms with Crippen molar-refractivity contribution in [2.75, 3.05) is 0 Å². The van der Waals surface area contributed by atoms with Crippen molar-refractivity contribution in [3.05, 3.63) is 48.2 Å². The number of fused-ring (bicyclic) bond motifs is 1. The average Bonchev–Trinajstić information content (AvgIpc) is 2.93. The van der Waals surface area contributed by atoms with E-state index in [0.29, 0.717) is 0 Å². The highest BCUT2D eigenvalue weighted by molar-refractivity contribution is 5.83. The van der Waals surface area contributed by atoms with Gasteiger partial charge in [0.05, 0.1) is 18.0 Å². The predicted octanol–water partition coefficient (Wildman–Crippen LogP) is 1.70. The van der Waals surface area contributed by atoms with Crippen LogP contribution in [0.3, 0.4) is 0 Å². The van der Waals surface area contributed by atoms with E-state index < -0.39 is 0 Å². The molecule has 0 fully saturated rings. The summed E-state index contributed by atoms with van der Waals surface area (Å²) in [7, 11) is 1.92. The Bertz CT molecular complexity index is 724. The van der Waals surface area contributed by atoms with E-state index in [1.807, 2.05) is 35.9 Å². The third kappa shape index (κ3) is 1.68. The fourth-order valence-electron chi connectivity index (χ4n) is 1.66. The lowest BCUT2D eigenvalue weighted by Crippen LogP contribution is -1.88. The van der Waals surface area contributed by atoms with E-state index in [2.05, 4.69) is 27.0 Å². The van der Waals surface area contributed by atoms with Crippen molar-refractivity contribution in [2.45, 2.75) is 0 Å². The van der Waals surface area contributed by atoms with Crippen LogP contribution in [0.15, 0.2) is 36.8 Å². The Morgan fingerprint density at radius 2 is 2.12 bits per heavy atom. The maximum absolute atomic E-state index is 4.20. The van der Waals surface area contributed by atoms with Crippen molar-refractivity contribution >= 4 is 10.9 Å². The number of nitrogens with zero attached hydrogens (tertiary/aromatic N) is 3. The van der Waals surface area contributed by atoms with Gasteiger partial charge in [-0.3, -0.25) is 5.10 Å². The molecule has 3 rings (SSSR count). The first kappa shape index (κ1) is 9.67. The highest BCUT2D eigenvalue weighted by atomic mass is 15.1. The topological polar surface area (TPSA) is 46.5 Å². The van der Waals surface area contributed by atoms with Crippen molar-refractivity contribution < 1.29 is 0 Å². The maximum Gasteiger partial charge on any atom is 0.143 e. The van der Waals surface area contributed by atoms with Gasteiger partial charge in [-0.05, 0) is 24.0 Å². The number of aromatic nitrogens is 4. The first-order valence-corrected chi connectivity index (χ1v) is 5.26. The fourth-order valence-corrected chi connectivity index (χ4v) is 1.66. The Hall–Kier alpha value is -2.54. The van der Waals surface area contributed by atoms with Gasteiger partial charge in [0.25, 0.3) is 0 Å². The summed E-state index contributed by atoms with van der Waals surface area (Å²) in [5.41, 5.74) is 2.64. The van der Waals surface area contributed by atoms with Gasteiger partial charge in [0.2, 0.25) is 0 Å². The largest absolute Gasteiger partial charge is 0.327 e. The average molecular weight is 222 g/mol. The quantitative estimate of drug-likeness (QED) is 0.588. The summed E-state index contributed by atoms with van der Waals surface area (Å²) in [6.45, 7) is 0. The SMILES string of the molecule is Cn1cncc1C#Cc1n[nH]c2ccccc12. The first-order chi connectivity index (χ1) is 8.34. The molecular formula is C13H10N4. The van der Waals surface area contributed by atoms with E-state index in [4.69, 9.17) is 0 Å². The van der Waals surface area contributed by atoms with Crippen LogP contribution in [0.1, 0.15) is 11.4 Å². The molecule has 0 unspecified atom stereocenters. The molecule has 0 bridgehead atoms. The highest BCUT2D eigenvalue weighted by Crippen LogP contribution is 2.13. The fraction of sp³-hybridized carbons (Fsp3) is 0.0769. The number of rotatable bonds is 0. The molecule has 4 nitrogen and oxygen atoms in total. The van der Waals surface area contributed by atoms with Gasteiger partial charge in [0.1, 0.15) is 11.4 Å². The standard InChI is InChI=1S/C13H10N4/c1-17-9-14-8-10(17)6-7-13-11-4-2-3-5-12(11)15-16-13/h2-5,8-9H,1H3,(H,15,16). The number of H-pyrrole nitrogens is 1. The van der Waals surface area contributed by atoms with Crippen LogP contribution in [0.4, 0.5) is 0 Å². The lowest BCUT2D eigenvalue weighted by atomic mass is 10.2. The van der Waals surface area contributed by atoms with E-state index in [0.717, 1.165) is 22.3 Å². The summed E-state index contributed by atoms with van der Waals surface area (Å²) < 4.78 is 1.88. The number of hydrogen-bond donors (Lipinski definition) is 1. The van der Waals surface area contributed by atoms with Crippen LogP contribution in [-0.2, 0) is 7.05 Å². The van der Waals surface area contributed by atoms with Crippen LogP contribution in [0, 0.1) is 11.8 Å². The van der Waals surface area contributed by atoms with Gasteiger partial charge in [0.15, 0.2) is 0 Å². The summed E-state index contributed by atoms with van der Waals surface area (Å²) in [5, 5.41) is 8.20. The predicted molar refractivity (Wildman–Crippen MR) is 65.3 cm³/mol. The van der Waals surface area contributed by atoms with Crippen molar-refractivity contribution in [3.8, 4) is 11.8 Å². The molecule has 82 valence electrons. The molecule has 2 aromatic heterocycles. The highest BCUT2D eigenvalue weighted by Gasteiger charge is 2.01. The van der Waals surface area contributed by atoms with Gasteiger partial charge in [-0.25, -0.2) is 4.98 Å². The normalized spacial score (nSPS) is 10.2. The van der Waals surface area contributed by atoms with Gasteiger partial charge >= 0.3 is 0 Å². The summed E-state index contributed by atoms with van der Waals surface area (Å²) in [5.74, 6) is 6.11. The lowest BCUT2D eigenvalue weighted by molar-refractivity contribution is 0.899. The molecule has 0 aliphatic heterocycles. The van der Waals surface area contributed by atoms with Crippen molar-refractivity contribution in [1.82, 2.24) is 19.7 Å². The summed E-state index contributed by atoms with van der Waals surface area (Å²) in [6, 6.07) is 7.94. The summed E-state index contributed by atoms with van der Waals surface area (Å²) >= 11 is 0. The molecule has 0 radical (unpaired) electrons. The van der Waals surface area contributed by atoms with E-state index in [-0.39, 0.29) is 0 Å². The number of benzene rings is 1. The van der Waals surface area contributed by atoms with Crippen molar-refractivity contribution in [3.63, 3.8) is 0 Å². The molecule has 0 aliphatic carbocycles. The maximum atomic E-state index is 4.20. The lowest BCUT2D eigenvalue weighted by Gasteiger charge is -1.89. The zero-order chi connectivity index (χ0) is 11.7. The molecule has 0 saturated carbocycles. The van der Waals surface area contributed by atoms with Gasteiger partial charge in [0, 0.05) is 12.4 Å². The second kappa shape index (κ2) is 3.80. The van der Waals surface area contributed by atoms with E-state index in [9.17, 15) is 0 Å². The Kier molecular flexibility index (Phi) is 2.16. The molecule has 0 amide bonds. The molecular weight excluding hydrogens is 212 g/mol. The van der Waals surface area contributed by atoms with Crippen molar-refractivity contribution in [1.29, 1.82) is 0 Å². The molecule has 1 aromatic carbocycles. The molecule has 3 aromatic rings. The number of para-hydroxylation sites is 1. The molecule has 1 N–H and O–H groups in total. The number of aromatic amines is 1. The Labute approximate surface area is 98.3 Å². The molecule has 2 heterocycles. The summed E-state index contributed by atoms with van der Waals surface area (Å²) in [4.78, 5) is 4.02. The monoisotopic (exact) mass is 222 g/mol. The van der Waals surface area contributed by atoms with Crippen LogP contribution in [0.25, 0.3) is 10.9 Å². The minimum atomic E-state index is 0.766. The Morgan fingerprint density at radius 3 is 2.94 bits per heavy atom. The molecule has 0 saturated heterocycles. The number of imidazole rings is 1. The van der Waals surface area contributed by atoms with E-state index in [1.54, 1.807) is 12.5 Å².